The van der Waals surface area contributed by atoms with Crippen LogP contribution in [0.25, 0.3) is 0 Å². The van der Waals surface area contributed by atoms with Gasteiger partial charge in [-0.25, -0.2) is 0 Å². The summed E-state index contributed by atoms with van der Waals surface area (Å²) in [6.07, 6.45) is -4.02. The molecule has 4 heteroatoms. The van der Waals surface area contributed by atoms with E-state index in [9.17, 15) is 13.2 Å². The molecule has 0 amide bonds. The highest BCUT2D eigenvalue weighted by Gasteiger charge is 2.33. The minimum atomic E-state index is -4.35. The number of hydrogen-bond acceptors (Lipinski definition) is 1. The van der Waals surface area contributed by atoms with Crippen LogP contribution in [0.3, 0.4) is 0 Å². The van der Waals surface area contributed by atoms with Crippen molar-refractivity contribution in [2.75, 3.05) is 6.61 Å². The molecule has 1 rings (SSSR count). The lowest BCUT2D eigenvalue weighted by Gasteiger charge is -2.15. The van der Waals surface area contributed by atoms with Gasteiger partial charge in [-0.1, -0.05) is 19.1 Å². The average molecular weight is 231 g/mol. The molecule has 0 aliphatic heterocycles. The monoisotopic (exact) mass is 231 g/mol. The molecule has 0 aliphatic rings. The molecule has 0 bridgehead atoms. The van der Waals surface area contributed by atoms with Crippen molar-refractivity contribution in [3.05, 3.63) is 41.8 Å². The van der Waals surface area contributed by atoms with E-state index in [-0.39, 0.29) is 12.2 Å². The zero-order valence-corrected chi connectivity index (χ0v) is 9.01. The molecule has 0 aromatic heterocycles. The minimum Gasteiger partial charge on any atom is -0.396 e. The number of aliphatic hydroxyl groups is 1. The zero-order chi connectivity index (χ0) is 12.3. The lowest BCUT2D eigenvalue weighted by molar-refractivity contribution is -0.138. The van der Waals surface area contributed by atoms with Crippen molar-refractivity contribution in [3.63, 3.8) is 0 Å². The fourth-order valence-corrected chi connectivity index (χ4v) is 1.53. The van der Waals surface area contributed by atoms with E-state index in [0.717, 1.165) is 6.07 Å². The molecular weight excluding hydrogens is 217 g/mol. The summed E-state index contributed by atoms with van der Waals surface area (Å²) in [5, 5.41) is 8.86. The van der Waals surface area contributed by atoms with Crippen molar-refractivity contribution in [2.24, 2.45) is 0 Å². The van der Waals surface area contributed by atoms with Gasteiger partial charge in [-0.2, -0.15) is 13.2 Å². The maximum atomic E-state index is 12.7. The summed E-state index contributed by atoms with van der Waals surface area (Å²) in [7, 11) is 0. The average Bonchev–Trinajstić information content (AvgIpc) is 2.26. The summed E-state index contributed by atoms with van der Waals surface area (Å²) in [6, 6.07) is 4.11. The van der Waals surface area contributed by atoms with Crippen molar-refractivity contribution < 1.29 is 18.3 Å². The maximum Gasteiger partial charge on any atom is 0.416 e. The predicted molar refractivity (Wildman–Crippen MR) is 56.0 cm³/mol. The van der Waals surface area contributed by atoms with Crippen molar-refractivity contribution in [2.45, 2.75) is 25.4 Å². The number of hydrogen-bond donors (Lipinski definition) is 1. The van der Waals surface area contributed by atoms with E-state index in [2.05, 4.69) is 6.92 Å². The first-order valence-corrected chi connectivity index (χ1v) is 5.04. The quantitative estimate of drug-likeness (QED) is 0.847. The summed E-state index contributed by atoms with van der Waals surface area (Å²) in [5.41, 5.74) is 0.0445. The van der Waals surface area contributed by atoms with Crippen molar-refractivity contribution >= 4 is 0 Å². The Balaban J connectivity index is 3.22. The molecule has 1 nitrogen and oxygen atoms in total. The number of rotatable bonds is 3. The number of halogens is 3. The van der Waals surface area contributed by atoms with Gasteiger partial charge in [0.15, 0.2) is 0 Å². The van der Waals surface area contributed by atoms with Crippen LogP contribution in [-0.4, -0.2) is 11.7 Å². The van der Waals surface area contributed by atoms with E-state index >= 15 is 0 Å². The smallest absolute Gasteiger partial charge is 0.396 e. The van der Waals surface area contributed by atoms with E-state index in [0.29, 0.717) is 12.0 Å². The molecule has 1 radical (unpaired) electrons. The third-order valence-corrected chi connectivity index (χ3v) is 2.51. The minimum absolute atomic E-state index is 0.261. The van der Waals surface area contributed by atoms with Crippen LogP contribution in [0.5, 0.6) is 0 Å². The Labute approximate surface area is 92.9 Å². The van der Waals surface area contributed by atoms with Crippen molar-refractivity contribution in [3.8, 4) is 0 Å². The van der Waals surface area contributed by atoms with Crippen LogP contribution in [0.2, 0.25) is 0 Å². The van der Waals surface area contributed by atoms with E-state index in [4.69, 9.17) is 5.11 Å². The Morgan fingerprint density at radius 2 is 2.00 bits per heavy atom. The fourth-order valence-electron chi connectivity index (χ4n) is 1.53. The molecule has 0 saturated carbocycles. The molecule has 0 aliphatic carbocycles. The predicted octanol–water partition coefficient (Wildman–Crippen LogP) is 3.18. The van der Waals surface area contributed by atoms with Gasteiger partial charge in [0.1, 0.15) is 0 Å². The van der Waals surface area contributed by atoms with Gasteiger partial charge >= 0.3 is 6.18 Å². The van der Waals surface area contributed by atoms with Crippen molar-refractivity contribution in [1.29, 1.82) is 0 Å². The molecule has 16 heavy (non-hydrogen) atoms. The highest BCUT2D eigenvalue weighted by Crippen LogP contribution is 2.34. The zero-order valence-electron chi connectivity index (χ0n) is 9.01. The highest BCUT2D eigenvalue weighted by molar-refractivity contribution is 5.36. The van der Waals surface area contributed by atoms with Gasteiger partial charge in [-0.05, 0) is 30.5 Å². The number of benzene rings is 1. The van der Waals surface area contributed by atoms with Crippen LogP contribution in [0, 0.1) is 6.92 Å². The third-order valence-electron chi connectivity index (χ3n) is 2.51. The van der Waals surface area contributed by atoms with Crippen LogP contribution in [0.1, 0.15) is 29.5 Å². The van der Waals surface area contributed by atoms with Gasteiger partial charge in [0.2, 0.25) is 0 Å². The molecule has 0 heterocycles. The van der Waals surface area contributed by atoms with E-state index in [1.165, 1.54) is 6.07 Å². The lowest BCUT2D eigenvalue weighted by Crippen LogP contribution is -2.11. The van der Waals surface area contributed by atoms with E-state index in [1.54, 1.807) is 13.0 Å². The first kappa shape index (κ1) is 13.0. The number of alkyl halides is 3. The fraction of sp³-hybridized carbons (Fsp3) is 0.417. The van der Waals surface area contributed by atoms with Crippen LogP contribution in [0.4, 0.5) is 13.2 Å². The third kappa shape index (κ3) is 2.76. The highest BCUT2D eigenvalue weighted by atomic mass is 19.4. The molecule has 1 atom stereocenters. The van der Waals surface area contributed by atoms with Crippen LogP contribution >= 0.6 is 0 Å². The second-order valence-electron chi connectivity index (χ2n) is 3.65. The number of aryl methyl sites for hydroxylation is 1. The molecule has 0 fully saturated rings. The number of aliphatic hydroxyl groups excluding tert-OH is 1. The molecular formula is C12H14F3O. The Morgan fingerprint density at radius 3 is 2.44 bits per heavy atom. The summed E-state index contributed by atoms with van der Waals surface area (Å²) in [4.78, 5) is 0. The first-order valence-electron chi connectivity index (χ1n) is 5.04. The van der Waals surface area contributed by atoms with Crippen LogP contribution in [-0.2, 0) is 12.6 Å². The van der Waals surface area contributed by atoms with Gasteiger partial charge in [-0.15, -0.1) is 0 Å². The molecule has 89 valence electrons. The molecule has 0 spiro atoms. The van der Waals surface area contributed by atoms with Gasteiger partial charge in [0.25, 0.3) is 0 Å². The molecule has 1 aromatic carbocycles. The van der Waals surface area contributed by atoms with Gasteiger partial charge < -0.3 is 5.11 Å². The first-order chi connectivity index (χ1) is 7.40. The molecule has 0 saturated heterocycles. The Hall–Kier alpha value is -1.03. The summed E-state index contributed by atoms with van der Waals surface area (Å²) < 4.78 is 38.1. The molecule has 1 unspecified atom stereocenters. The topological polar surface area (TPSA) is 20.2 Å². The Bertz CT molecular complexity index is 358. The Morgan fingerprint density at radius 1 is 1.38 bits per heavy atom. The normalized spacial score (nSPS) is 13.9. The van der Waals surface area contributed by atoms with E-state index in [1.807, 2.05) is 0 Å². The second kappa shape index (κ2) is 4.87. The van der Waals surface area contributed by atoms with Gasteiger partial charge in [0.05, 0.1) is 5.56 Å². The molecule has 1 aromatic rings. The Kier molecular flexibility index (Phi) is 3.97. The standard InChI is InChI=1S/C12H14F3O/c1-3-9-4-5-10(8(2)7-16)6-11(9)12(13,14)15/h4-6,8,16H,2-3,7H2,1H3. The lowest BCUT2D eigenvalue weighted by atomic mass is 9.95. The summed E-state index contributed by atoms with van der Waals surface area (Å²) >= 11 is 0. The van der Waals surface area contributed by atoms with Crippen LogP contribution in [0.15, 0.2) is 18.2 Å². The molecule has 1 N–H and O–H groups in total. The second-order valence-corrected chi connectivity index (χ2v) is 3.65. The SMILES string of the molecule is [CH2]C(CO)c1ccc(CC)c(C(F)(F)F)c1. The van der Waals surface area contributed by atoms with Gasteiger partial charge in [0, 0.05) is 12.5 Å². The van der Waals surface area contributed by atoms with E-state index < -0.39 is 17.7 Å². The van der Waals surface area contributed by atoms with Crippen molar-refractivity contribution in [1.82, 2.24) is 0 Å². The van der Waals surface area contributed by atoms with Gasteiger partial charge in [-0.3, -0.25) is 0 Å². The summed E-state index contributed by atoms with van der Waals surface area (Å²) in [5.74, 6) is -0.521. The largest absolute Gasteiger partial charge is 0.416 e. The maximum absolute atomic E-state index is 12.7. The summed E-state index contributed by atoms with van der Waals surface area (Å²) in [6.45, 7) is 5.01. The van der Waals surface area contributed by atoms with Crippen LogP contribution < -0.4 is 0 Å².